The number of thiophene rings is 1. The zero-order chi connectivity index (χ0) is 21.3. The topological polar surface area (TPSA) is 54.0 Å². The molecule has 2 aromatic heterocycles. The van der Waals surface area contributed by atoms with E-state index in [1.807, 2.05) is 19.1 Å². The summed E-state index contributed by atoms with van der Waals surface area (Å²) in [7, 11) is 0. The maximum absolute atomic E-state index is 12.5. The van der Waals surface area contributed by atoms with Gasteiger partial charge in [0.15, 0.2) is 0 Å². The lowest BCUT2D eigenvalue weighted by atomic mass is 9.89. The molecule has 2 N–H and O–H groups in total. The van der Waals surface area contributed by atoms with Crippen molar-refractivity contribution < 1.29 is 4.79 Å². The molecule has 4 rings (SSSR count). The number of hydrogen-bond acceptors (Lipinski definition) is 4. The molecule has 0 spiro atoms. The Morgan fingerprint density at radius 2 is 1.73 bits per heavy atom. The minimum absolute atomic E-state index is 0.00253. The molecule has 30 heavy (non-hydrogen) atoms. The minimum Gasteiger partial charge on any atom is -0.382 e. The second kappa shape index (κ2) is 8.38. The predicted octanol–water partition coefficient (Wildman–Crippen LogP) is 6.06. The third-order valence-corrected chi connectivity index (χ3v) is 6.87. The third kappa shape index (κ3) is 4.67. The van der Waals surface area contributed by atoms with E-state index in [2.05, 4.69) is 61.7 Å². The number of aryl methyl sites for hydroxylation is 1. The zero-order valence-electron chi connectivity index (χ0n) is 18.3. The Bertz CT molecular complexity index is 1040. The highest BCUT2D eigenvalue weighted by molar-refractivity contribution is 7.13. The van der Waals surface area contributed by atoms with Crippen LogP contribution in [-0.4, -0.2) is 23.0 Å². The molecule has 5 heteroatoms. The Morgan fingerprint density at radius 3 is 2.40 bits per heavy atom. The van der Waals surface area contributed by atoms with E-state index >= 15 is 0 Å². The van der Waals surface area contributed by atoms with Gasteiger partial charge in [-0.1, -0.05) is 39.0 Å². The zero-order valence-corrected chi connectivity index (χ0v) is 19.1. The molecule has 0 unspecified atom stereocenters. The van der Waals surface area contributed by atoms with Crippen molar-refractivity contribution in [2.45, 2.75) is 70.9 Å². The molecule has 158 valence electrons. The summed E-state index contributed by atoms with van der Waals surface area (Å²) in [5, 5.41) is 8.19. The number of para-hydroxylation sites is 1. The minimum atomic E-state index is 0.00253. The van der Waals surface area contributed by atoms with Crippen LogP contribution in [0.1, 0.15) is 66.7 Å². The Kier molecular flexibility index (Phi) is 5.83. The molecule has 3 aromatic rings. The van der Waals surface area contributed by atoms with Gasteiger partial charge in [-0.3, -0.25) is 9.78 Å². The largest absolute Gasteiger partial charge is 0.382 e. The van der Waals surface area contributed by atoms with Crippen LogP contribution in [0.15, 0.2) is 42.5 Å². The molecule has 1 aromatic carbocycles. The molecule has 0 atom stereocenters. The van der Waals surface area contributed by atoms with Gasteiger partial charge in [-0.05, 0) is 56.9 Å². The van der Waals surface area contributed by atoms with E-state index in [0.29, 0.717) is 6.04 Å². The summed E-state index contributed by atoms with van der Waals surface area (Å²) >= 11 is 1.56. The maximum atomic E-state index is 12.5. The number of carbonyl (C=O) groups excluding carboxylic acids is 1. The number of nitrogens with zero attached hydrogens (tertiary/aromatic N) is 1. The number of nitrogens with one attached hydrogen (secondary N) is 2. The standard InChI is InChI=1S/C25H31N3OS/c1-16-9-14-22(30-16)24(29)27-18-12-10-17(11-13-18)26-21-15-23(25(2,3)4)28-20-8-6-5-7-19(20)21/h5-9,14-15,17-18H,10-13H2,1-4H3,(H,26,28)(H,27,29). The molecule has 0 bridgehead atoms. The fourth-order valence-corrected chi connectivity index (χ4v) is 4.86. The fraction of sp³-hybridized carbons (Fsp3) is 0.440. The predicted molar refractivity (Wildman–Crippen MR) is 127 cm³/mol. The average molecular weight is 422 g/mol. The third-order valence-electron chi connectivity index (χ3n) is 5.87. The Hall–Kier alpha value is -2.40. The van der Waals surface area contributed by atoms with Gasteiger partial charge in [-0.25, -0.2) is 0 Å². The summed E-state index contributed by atoms with van der Waals surface area (Å²) in [5.74, 6) is 0.0689. The summed E-state index contributed by atoms with van der Waals surface area (Å²) in [6.45, 7) is 8.65. The van der Waals surface area contributed by atoms with Crippen molar-refractivity contribution >= 4 is 33.8 Å². The molecule has 0 aliphatic heterocycles. The molecule has 0 radical (unpaired) electrons. The van der Waals surface area contributed by atoms with Crippen molar-refractivity contribution in [1.29, 1.82) is 0 Å². The first kappa shape index (κ1) is 20.9. The van der Waals surface area contributed by atoms with E-state index in [9.17, 15) is 4.79 Å². The lowest BCUT2D eigenvalue weighted by Gasteiger charge is -2.31. The van der Waals surface area contributed by atoms with E-state index in [4.69, 9.17) is 4.98 Å². The van der Waals surface area contributed by atoms with Crippen LogP contribution in [0.3, 0.4) is 0 Å². The van der Waals surface area contributed by atoms with E-state index in [0.717, 1.165) is 41.8 Å². The number of pyridine rings is 1. The van der Waals surface area contributed by atoms with Crippen LogP contribution in [0.5, 0.6) is 0 Å². The summed E-state index contributed by atoms with van der Waals surface area (Å²) in [6.07, 6.45) is 4.11. The van der Waals surface area contributed by atoms with Gasteiger partial charge >= 0.3 is 0 Å². The Labute approximate surface area is 183 Å². The van der Waals surface area contributed by atoms with Crippen LogP contribution in [0.25, 0.3) is 10.9 Å². The SMILES string of the molecule is Cc1ccc(C(=O)NC2CCC(Nc3cc(C(C)(C)C)nc4ccccc34)CC2)s1. The molecule has 1 saturated carbocycles. The van der Waals surface area contributed by atoms with Crippen LogP contribution < -0.4 is 10.6 Å². The van der Waals surface area contributed by atoms with Gasteiger partial charge in [0, 0.05) is 39.1 Å². The number of hydrogen-bond donors (Lipinski definition) is 2. The van der Waals surface area contributed by atoms with Crippen molar-refractivity contribution in [3.63, 3.8) is 0 Å². The van der Waals surface area contributed by atoms with Crippen LogP contribution in [0.2, 0.25) is 0 Å². The summed E-state index contributed by atoms with van der Waals surface area (Å²) in [5.41, 5.74) is 3.32. The number of aromatic nitrogens is 1. The van der Waals surface area contributed by atoms with Gasteiger partial charge in [0.25, 0.3) is 5.91 Å². The smallest absolute Gasteiger partial charge is 0.261 e. The lowest BCUT2D eigenvalue weighted by Crippen LogP contribution is -2.40. The first-order valence-electron chi connectivity index (χ1n) is 10.8. The number of rotatable bonds is 4. The molecular formula is C25H31N3OS. The van der Waals surface area contributed by atoms with Gasteiger partial charge in [0.2, 0.25) is 0 Å². The van der Waals surface area contributed by atoms with E-state index in [1.165, 1.54) is 16.0 Å². The first-order chi connectivity index (χ1) is 14.3. The van der Waals surface area contributed by atoms with Gasteiger partial charge < -0.3 is 10.6 Å². The molecule has 1 amide bonds. The van der Waals surface area contributed by atoms with Crippen LogP contribution in [0.4, 0.5) is 5.69 Å². The number of carbonyl (C=O) groups is 1. The average Bonchev–Trinajstić information content (AvgIpc) is 3.15. The molecule has 1 fully saturated rings. The van der Waals surface area contributed by atoms with Crippen LogP contribution >= 0.6 is 11.3 Å². The normalized spacial score (nSPS) is 19.6. The van der Waals surface area contributed by atoms with Gasteiger partial charge in [-0.15, -0.1) is 11.3 Å². The molecule has 1 aliphatic carbocycles. The highest BCUT2D eigenvalue weighted by atomic mass is 32.1. The highest BCUT2D eigenvalue weighted by Gasteiger charge is 2.24. The van der Waals surface area contributed by atoms with Gasteiger partial charge in [0.05, 0.1) is 10.4 Å². The Morgan fingerprint density at radius 1 is 1.03 bits per heavy atom. The number of fused-ring (bicyclic) bond motifs is 1. The quantitative estimate of drug-likeness (QED) is 0.539. The summed E-state index contributed by atoms with van der Waals surface area (Å²) in [6, 6.07) is 15.2. The molecular weight excluding hydrogens is 390 g/mol. The van der Waals surface area contributed by atoms with Crippen molar-refractivity contribution in [1.82, 2.24) is 10.3 Å². The van der Waals surface area contributed by atoms with Crippen molar-refractivity contribution in [2.75, 3.05) is 5.32 Å². The fourth-order valence-electron chi connectivity index (χ4n) is 4.09. The van der Waals surface area contributed by atoms with E-state index in [1.54, 1.807) is 11.3 Å². The summed E-state index contributed by atoms with van der Waals surface area (Å²) in [4.78, 5) is 19.3. The van der Waals surface area contributed by atoms with E-state index in [-0.39, 0.29) is 17.4 Å². The molecule has 1 aliphatic rings. The van der Waals surface area contributed by atoms with Gasteiger partial charge in [0.1, 0.15) is 0 Å². The molecule has 0 saturated heterocycles. The first-order valence-corrected chi connectivity index (χ1v) is 11.7. The second-order valence-electron chi connectivity index (χ2n) is 9.40. The highest BCUT2D eigenvalue weighted by Crippen LogP contribution is 2.31. The Balaban J connectivity index is 1.42. The van der Waals surface area contributed by atoms with Crippen LogP contribution in [-0.2, 0) is 5.41 Å². The van der Waals surface area contributed by atoms with Gasteiger partial charge in [-0.2, -0.15) is 0 Å². The number of anilines is 1. The number of benzene rings is 1. The maximum Gasteiger partial charge on any atom is 0.261 e. The van der Waals surface area contributed by atoms with Crippen molar-refractivity contribution in [3.05, 3.63) is 57.9 Å². The molecule has 4 nitrogen and oxygen atoms in total. The lowest BCUT2D eigenvalue weighted by molar-refractivity contribution is 0.0930. The molecule has 2 heterocycles. The van der Waals surface area contributed by atoms with Crippen molar-refractivity contribution in [3.8, 4) is 0 Å². The monoisotopic (exact) mass is 421 g/mol. The number of amides is 1. The van der Waals surface area contributed by atoms with E-state index < -0.39 is 0 Å². The van der Waals surface area contributed by atoms with Crippen molar-refractivity contribution in [2.24, 2.45) is 0 Å². The summed E-state index contributed by atoms with van der Waals surface area (Å²) < 4.78 is 0. The van der Waals surface area contributed by atoms with Crippen LogP contribution in [0, 0.1) is 6.92 Å². The second-order valence-corrected chi connectivity index (χ2v) is 10.7.